The van der Waals surface area contributed by atoms with Crippen molar-refractivity contribution in [1.29, 1.82) is 0 Å². The first-order valence-corrected chi connectivity index (χ1v) is 12.6. The van der Waals surface area contributed by atoms with E-state index in [2.05, 4.69) is 17.4 Å². The number of methoxy groups -OCH3 is 2. The maximum Gasteiger partial charge on any atom is 0.215 e. The normalized spacial score (nSPS) is 24.5. The summed E-state index contributed by atoms with van der Waals surface area (Å²) in [6.07, 6.45) is 0.157. The summed E-state index contributed by atoms with van der Waals surface area (Å²) in [5.41, 5.74) is 8.58. The number of nitrogens with one attached hydrogen (secondary N) is 1. The van der Waals surface area contributed by atoms with Crippen LogP contribution in [0.15, 0.2) is 60.7 Å². The molecule has 2 aliphatic rings. The molecule has 0 radical (unpaired) electrons. The van der Waals surface area contributed by atoms with Crippen LogP contribution in [0.5, 0.6) is 17.2 Å². The minimum Gasteiger partial charge on any atom is -0.496 e. The second-order valence-electron chi connectivity index (χ2n) is 9.55. The molecule has 8 heteroatoms. The van der Waals surface area contributed by atoms with Gasteiger partial charge >= 0.3 is 0 Å². The van der Waals surface area contributed by atoms with Crippen molar-refractivity contribution in [3.63, 3.8) is 0 Å². The summed E-state index contributed by atoms with van der Waals surface area (Å²) in [7, 11) is 2.94. The largest absolute Gasteiger partial charge is 0.496 e. The number of benzene rings is 3. The smallest absolute Gasteiger partial charge is 0.215 e. The molecule has 7 nitrogen and oxygen atoms in total. The van der Waals surface area contributed by atoms with E-state index in [1.54, 1.807) is 6.07 Å². The van der Waals surface area contributed by atoms with Crippen LogP contribution in [0.4, 0.5) is 5.69 Å². The highest BCUT2D eigenvalue weighted by atomic mass is 35.5. The average molecular weight is 521 g/mol. The number of ketones is 2. The van der Waals surface area contributed by atoms with Gasteiger partial charge in [0.1, 0.15) is 27.9 Å². The van der Waals surface area contributed by atoms with Crippen LogP contribution in [0, 0.1) is 11.8 Å². The summed E-state index contributed by atoms with van der Waals surface area (Å²) in [4.78, 5) is 27.0. The minimum atomic E-state index is -1.44. The number of carbonyl (C=O) groups excluding carboxylic acids is 2. The highest BCUT2D eigenvalue weighted by Crippen LogP contribution is 2.54. The Morgan fingerprint density at radius 2 is 1.68 bits per heavy atom. The van der Waals surface area contributed by atoms with E-state index < -0.39 is 23.5 Å². The van der Waals surface area contributed by atoms with Crippen molar-refractivity contribution in [2.75, 3.05) is 26.1 Å². The number of ether oxygens (including phenoxy) is 3. The summed E-state index contributed by atoms with van der Waals surface area (Å²) < 4.78 is 17.1. The molecule has 5 rings (SSSR count). The molecule has 37 heavy (non-hydrogen) atoms. The number of hydrogen-bond donors (Lipinski definition) is 2. The van der Waals surface area contributed by atoms with Crippen LogP contribution in [-0.4, -0.2) is 44.0 Å². The predicted octanol–water partition coefficient (Wildman–Crippen LogP) is 5.00. The van der Waals surface area contributed by atoms with E-state index in [0.717, 1.165) is 16.8 Å². The lowest BCUT2D eigenvalue weighted by molar-refractivity contribution is -0.132. The third-order valence-electron chi connectivity index (χ3n) is 7.54. The van der Waals surface area contributed by atoms with Crippen molar-refractivity contribution >= 4 is 28.9 Å². The van der Waals surface area contributed by atoms with Crippen molar-refractivity contribution in [2.45, 2.75) is 25.0 Å². The molecule has 3 aromatic carbocycles. The molecule has 3 N–H and O–H groups in total. The van der Waals surface area contributed by atoms with Gasteiger partial charge in [0, 0.05) is 30.6 Å². The highest BCUT2D eigenvalue weighted by Gasteiger charge is 2.63. The molecule has 0 aromatic heterocycles. The Bertz CT molecular complexity index is 1340. The van der Waals surface area contributed by atoms with Crippen LogP contribution in [-0.2, 0) is 4.79 Å². The third-order valence-corrected chi connectivity index (χ3v) is 7.90. The molecule has 2 unspecified atom stereocenters. The third kappa shape index (κ3) is 4.03. The maximum atomic E-state index is 13.9. The molecule has 0 amide bonds. The van der Waals surface area contributed by atoms with E-state index in [9.17, 15) is 9.59 Å². The zero-order chi connectivity index (χ0) is 26.3. The van der Waals surface area contributed by atoms with Crippen LogP contribution in [0.1, 0.15) is 23.7 Å². The number of hydrogen-bond acceptors (Lipinski definition) is 7. The molecule has 3 aromatic rings. The Morgan fingerprint density at radius 1 is 1.03 bits per heavy atom. The molecular formula is C29H29ClN2O5. The van der Waals surface area contributed by atoms with Gasteiger partial charge in [0.05, 0.1) is 26.2 Å². The van der Waals surface area contributed by atoms with E-state index in [0.29, 0.717) is 11.5 Å². The lowest BCUT2D eigenvalue weighted by Gasteiger charge is -2.45. The van der Waals surface area contributed by atoms with Gasteiger partial charge < -0.3 is 25.3 Å². The van der Waals surface area contributed by atoms with Crippen molar-refractivity contribution in [3.05, 3.63) is 71.2 Å². The number of anilines is 1. The van der Waals surface area contributed by atoms with Crippen LogP contribution in [0.25, 0.3) is 11.1 Å². The lowest BCUT2D eigenvalue weighted by Crippen LogP contribution is -2.67. The first kappa shape index (κ1) is 25.1. The van der Waals surface area contributed by atoms with Gasteiger partial charge in [-0.25, -0.2) is 0 Å². The number of halogens is 1. The van der Waals surface area contributed by atoms with E-state index in [1.807, 2.05) is 49.4 Å². The molecular weight excluding hydrogens is 492 g/mol. The van der Waals surface area contributed by atoms with Gasteiger partial charge in [-0.05, 0) is 23.3 Å². The number of rotatable bonds is 6. The van der Waals surface area contributed by atoms with Gasteiger partial charge in [0.15, 0.2) is 11.4 Å². The Hall–Kier alpha value is -3.55. The topological polar surface area (TPSA) is 99.9 Å². The van der Waals surface area contributed by atoms with Gasteiger partial charge in [0.2, 0.25) is 5.78 Å². The highest BCUT2D eigenvalue weighted by molar-refractivity contribution is 6.35. The average Bonchev–Trinajstić information content (AvgIpc) is 3.23. The van der Waals surface area contributed by atoms with Crippen molar-refractivity contribution < 1.29 is 23.8 Å². The fraction of sp³-hybridized carbons (Fsp3) is 0.310. The fourth-order valence-corrected chi connectivity index (χ4v) is 5.74. The summed E-state index contributed by atoms with van der Waals surface area (Å²) >= 11 is 6.53. The van der Waals surface area contributed by atoms with E-state index >= 15 is 0 Å². The Labute approximate surface area is 220 Å². The van der Waals surface area contributed by atoms with E-state index in [1.165, 1.54) is 14.2 Å². The number of carbonyl (C=O) groups is 2. The second kappa shape index (κ2) is 9.72. The van der Waals surface area contributed by atoms with Crippen LogP contribution in [0.3, 0.4) is 0 Å². The van der Waals surface area contributed by atoms with Crippen LogP contribution >= 0.6 is 11.6 Å². The molecule has 1 fully saturated rings. The van der Waals surface area contributed by atoms with Crippen LogP contribution < -0.4 is 25.3 Å². The Morgan fingerprint density at radius 3 is 2.32 bits per heavy atom. The van der Waals surface area contributed by atoms with Gasteiger partial charge in [-0.15, -0.1) is 0 Å². The molecule has 4 atom stereocenters. The monoisotopic (exact) mass is 520 g/mol. The zero-order valence-corrected chi connectivity index (χ0v) is 21.7. The lowest BCUT2D eigenvalue weighted by atomic mass is 9.65. The Kier molecular flexibility index (Phi) is 6.60. The fourth-order valence-electron chi connectivity index (χ4n) is 5.48. The Balaban J connectivity index is 1.40. The van der Waals surface area contributed by atoms with Gasteiger partial charge in [0.25, 0.3) is 0 Å². The number of fused-ring (bicyclic) bond motifs is 1. The molecule has 1 aliphatic carbocycles. The molecule has 1 heterocycles. The van der Waals surface area contributed by atoms with Gasteiger partial charge in [-0.2, -0.15) is 0 Å². The van der Waals surface area contributed by atoms with Crippen molar-refractivity contribution in [1.82, 2.24) is 0 Å². The minimum absolute atomic E-state index is 0.0120. The quantitative estimate of drug-likeness (QED) is 0.471. The maximum absolute atomic E-state index is 13.9. The van der Waals surface area contributed by atoms with Crippen LogP contribution in [0.2, 0.25) is 5.02 Å². The molecule has 192 valence electrons. The van der Waals surface area contributed by atoms with E-state index in [-0.39, 0.29) is 40.9 Å². The SMILES string of the molecule is COc1cc(OC)c2c(c1Cl)O[C@]1(C2=O)C(N)C(CNc2ccc(-c3ccccc3)cc2)C(=O)C[C@H]1C. The first-order chi connectivity index (χ1) is 17.8. The number of nitrogens with two attached hydrogens (primary N) is 1. The number of Topliss-reactive ketones (excluding diaryl/α,β-unsaturated/α-hetero) is 2. The van der Waals surface area contributed by atoms with Crippen molar-refractivity contribution in [2.24, 2.45) is 17.6 Å². The zero-order valence-electron chi connectivity index (χ0n) is 20.9. The van der Waals surface area contributed by atoms with Crippen molar-refractivity contribution in [3.8, 4) is 28.4 Å². The summed E-state index contributed by atoms with van der Waals surface area (Å²) in [5, 5.41) is 3.50. The molecule has 0 bridgehead atoms. The van der Waals surface area contributed by atoms with E-state index in [4.69, 9.17) is 31.5 Å². The molecule has 0 saturated heterocycles. The van der Waals surface area contributed by atoms with Gasteiger partial charge in [-0.1, -0.05) is 61.0 Å². The molecule has 1 aliphatic heterocycles. The summed E-state index contributed by atoms with van der Waals surface area (Å²) in [5.74, 6) is -0.633. The second-order valence-corrected chi connectivity index (χ2v) is 9.93. The molecule has 1 spiro atoms. The predicted molar refractivity (Wildman–Crippen MR) is 143 cm³/mol. The summed E-state index contributed by atoms with van der Waals surface area (Å²) in [6, 6.07) is 18.7. The molecule has 1 saturated carbocycles. The first-order valence-electron chi connectivity index (χ1n) is 12.2. The van der Waals surface area contributed by atoms with Gasteiger partial charge in [-0.3, -0.25) is 9.59 Å². The standard InChI is InChI=1S/C29H29ClN2O5/c1-16-13-21(33)20(15-32-19-11-9-18(10-12-19)17-7-5-4-6-8-17)27(31)29(16)28(34)24-22(35-2)14-23(36-3)25(30)26(24)37-29/h4-12,14,16,20,27,32H,13,15,31H2,1-3H3/t16-,20?,27?,29+/m1/s1. The summed E-state index contributed by atoms with van der Waals surface area (Å²) in [6.45, 7) is 2.07.